The van der Waals surface area contributed by atoms with E-state index in [9.17, 15) is 14.9 Å². The third kappa shape index (κ3) is 5.14. The van der Waals surface area contributed by atoms with Gasteiger partial charge in [-0.3, -0.25) is 14.9 Å². The standard InChI is InChI=1S/C25H28N4O2S/c1-4-6-13-29(14-7-5-2)25-27-22(18-11-9-8-10-12-18)21(32-25)15-19-17(3)20(16-26)24(31)28-23(19)30/h8-12,15H,4-7,13-14H2,1-3H3,(H,28,30,31)/b19-15-. The van der Waals surface area contributed by atoms with Gasteiger partial charge in [-0.15, -0.1) is 0 Å². The van der Waals surface area contributed by atoms with Gasteiger partial charge < -0.3 is 4.90 Å². The van der Waals surface area contributed by atoms with Crippen LogP contribution in [-0.4, -0.2) is 29.9 Å². The first-order valence-electron chi connectivity index (χ1n) is 11.0. The van der Waals surface area contributed by atoms with Gasteiger partial charge >= 0.3 is 0 Å². The lowest BCUT2D eigenvalue weighted by atomic mass is 9.96. The molecule has 0 aliphatic carbocycles. The Balaban J connectivity index is 2.13. The first kappa shape index (κ1) is 23.4. The van der Waals surface area contributed by atoms with Gasteiger partial charge in [-0.1, -0.05) is 68.4 Å². The number of nitriles is 1. The van der Waals surface area contributed by atoms with Crippen LogP contribution in [0.3, 0.4) is 0 Å². The van der Waals surface area contributed by atoms with Gasteiger partial charge in [0.15, 0.2) is 5.13 Å². The zero-order valence-electron chi connectivity index (χ0n) is 18.8. The number of carbonyl (C=O) groups excluding carboxylic acids is 2. The molecule has 2 heterocycles. The number of hydrogen-bond donors (Lipinski definition) is 1. The fourth-order valence-corrected chi connectivity index (χ4v) is 4.59. The van der Waals surface area contributed by atoms with Crippen LogP contribution in [0.4, 0.5) is 5.13 Å². The van der Waals surface area contributed by atoms with Gasteiger partial charge in [0.1, 0.15) is 11.6 Å². The second-order valence-electron chi connectivity index (χ2n) is 7.72. The fourth-order valence-electron chi connectivity index (χ4n) is 3.50. The molecule has 0 spiro atoms. The molecular weight excluding hydrogens is 420 g/mol. The molecule has 0 bridgehead atoms. The third-order valence-electron chi connectivity index (χ3n) is 5.39. The molecule has 166 valence electrons. The lowest BCUT2D eigenvalue weighted by Crippen LogP contribution is -2.37. The van der Waals surface area contributed by atoms with E-state index in [0.29, 0.717) is 11.1 Å². The number of imide groups is 1. The molecule has 2 amide bonds. The summed E-state index contributed by atoms with van der Waals surface area (Å²) in [4.78, 5) is 32.7. The summed E-state index contributed by atoms with van der Waals surface area (Å²) < 4.78 is 0. The fraction of sp³-hybridized carbons (Fsp3) is 0.360. The highest BCUT2D eigenvalue weighted by molar-refractivity contribution is 7.17. The second kappa shape index (κ2) is 10.9. The molecule has 1 aromatic carbocycles. The van der Waals surface area contributed by atoms with Gasteiger partial charge in [-0.25, -0.2) is 4.98 Å². The number of rotatable bonds is 9. The summed E-state index contributed by atoms with van der Waals surface area (Å²) in [7, 11) is 0. The van der Waals surface area contributed by atoms with Crippen molar-refractivity contribution in [1.82, 2.24) is 10.3 Å². The number of amides is 2. The van der Waals surface area contributed by atoms with Crippen LogP contribution < -0.4 is 10.2 Å². The highest BCUT2D eigenvalue weighted by Gasteiger charge is 2.28. The minimum Gasteiger partial charge on any atom is -0.348 e. The number of nitrogens with one attached hydrogen (secondary N) is 1. The number of aromatic nitrogens is 1. The molecule has 0 radical (unpaired) electrons. The van der Waals surface area contributed by atoms with Gasteiger partial charge in [-0.2, -0.15) is 5.26 Å². The molecule has 7 heteroatoms. The second-order valence-corrected chi connectivity index (χ2v) is 8.73. The summed E-state index contributed by atoms with van der Waals surface area (Å²) in [5.41, 5.74) is 2.44. The van der Waals surface area contributed by atoms with Gasteiger partial charge in [0.25, 0.3) is 11.8 Å². The summed E-state index contributed by atoms with van der Waals surface area (Å²) in [6.45, 7) is 7.85. The lowest BCUT2D eigenvalue weighted by molar-refractivity contribution is -0.126. The molecule has 32 heavy (non-hydrogen) atoms. The molecule has 1 aliphatic heterocycles. The van der Waals surface area contributed by atoms with Crippen LogP contribution in [0.5, 0.6) is 0 Å². The molecule has 1 aliphatic rings. The highest BCUT2D eigenvalue weighted by atomic mass is 32.1. The Morgan fingerprint density at radius 2 is 1.75 bits per heavy atom. The van der Waals surface area contributed by atoms with Gasteiger partial charge in [0.05, 0.1) is 10.6 Å². The molecule has 6 nitrogen and oxygen atoms in total. The van der Waals surface area contributed by atoms with Crippen molar-refractivity contribution in [2.75, 3.05) is 18.0 Å². The lowest BCUT2D eigenvalue weighted by Gasteiger charge is -2.21. The van der Waals surface area contributed by atoms with Gasteiger partial charge in [0.2, 0.25) is 0 Å². The minimum absolute atomic E-state index is 0.0330. The number of nitrogens with zero attached hydrogens (tertiary/aromatic N) is 3. The van der Waals surface area contributed by atoms with E-state index in [0.717, 1.165) is 60.0 Å². The molecule has 0 saturated heterocycles. The Kier molecular flexibility index (Phi) is 7.96. The monoisotopic (exact) mass is 448 g/mol. The summed E-state index contributed by atoms with van der Waals surface area (Å²) in [5, 5.41) is 12.5. The summed E-state index contributed by atoms with van der Waals surface area (Å²) in [6, 6.07) is 11.8. The molecule has 2 aromatic rings. The number of unbranched alkanes of at least 4 members (excludes halogenated alkanes) is 2. The van der Waals surface area contributed by atoms with Crippen molar-refractivity contribution in [2.24, 2.45) is 0 Å². The van der Waals surface area contributed by atoms with Gasteiger partial charge in [-0.05, 0) is 31.4 Å². The quantitative estimate of drug-likeness (QED) is 0.426. The number of anilines is 1. The number of carbonyl (C=O) groups is 2. The zero-order chi connectivity index (χ0) is 23.1. The Morgan fingerprint density at radius 3 is 2.34 bits per heavy atom. The van der Waals surface area contributed by atoms with Gasteiger partial charge in [0, 0.05) is 24.2 Å². The molecule has 3 rings (SSSR count). The topological polar surface area (TPSA) is 86.1 Å². The number of thiazole rings is 1. The van der Waals surface area contributed by atoms with Crippen LogP contribution in [0, 0.1) is 11.3 Å². The van der Waals surface area contributed by atoms with Crippen LogP contribution in [0.2, 0.25) is 0 Å². The van der Waals surface area contributed by atoms with Crippen LogP contribution in [0.15, 0.2) is 47.1 Å². The maximum Gasteiger partial charge on any atom is 0.269 e. The molecule has 1 N–H and O–H groups in total. The number of benzene rings is 1. The summed E-state index contributed by atoms with van der Waals surface area (Å²) in [5.74, 6) is -1.14. The normalized spacial score (nSPS) is 15.1. The van der Waals surface area contributed by atoms with Crippen LogP contribution in [-0.2, 0) is 9.59 Å². The first-order valence-corrected chi connectivity index (χ1v) is 11.8. The highest BCUT2D eigenvalue weighted by Crippen LogP contribution is 2.36. The molecule has 0 unspecified atom stereocenters. The predicted molar refractivity (Wildman–Crippen MR) is 129 cm³/mol. The Bertz CT molecular complexity index is 1080. The third-order valence-corrected chi connectivity index (χ3v) is 6.45. The van der Waals surface area contributed by atoms with E-state index in [1.165, 1.54) is 11.3 Å². The molecule has 0 fully saturated rings. The minimum atomic E-state index is -0.647. The Hall–Kier alpha value is -3.24. The van der Waals surface area contributed by atoms with E-state index in [2.05, 4.69) is 24.1 Å². The molecular formula is C25H28N4O2S. The van der Waals surface area contributed by atoms with Crippen LogP contribution in [0.1, 0.15) is 51.3 Å². The van der Waals surface area contributed by atoms with Crippen LogP contribution in [0.25, 0.3) is 17.3 Å². The summed E-state index contributed by atoms with van der Waals surface area (Å²) >= 11 is 1.54. The average molecular weight is 449 g/mol. The summed E-state index contributed by atoms with van der Waals surface area (Å²) in [6.07, 6.45) is 6.13. The van der Waals surface area contributed by atoms with Crippen molar-refractivity contribution in [3.8, 4) is 17.3 Å². The van der Waals surface area contributed by atoms with E-state index >= 15 is 0 Å². The van der Waals surface area contributed by atoms with E-state index < -0.39 is 11.8 Å². The largest absolute Gasteiger partial charge is 0.348 e. The number of hydrogen-bond acceptors (Lipinski definition) is 6. The van der Waals surface area contributed by atoms with E-state index in [1.807, 2.05) is 36.4 Å². The van der Waals surface area contributed by atoms with E-state index in [-0.39, 0.29) is 5.57 Å². The maximum absolute atomic E-state index is 12.6. The van der Waals surface area contributed by atoms with Crippen molar-refractivity contribution < 1.29 is 9.59 Å². The van der Waals surface area contributed by atoms with Crippen molar-refractivity contribution in [1.29, 1.82) is 5.26 Å². The Morgan fingerprint density at radius 1 is 1.09 bits per heavy atom. The smallest absolute Gasteiger partial charge is 0.269 e. The maximum atomic E-state index is 12.6. The van der Waals surface area contributed by atoms with Crippen molar-refractivity contribution in [3.63, 3.8) is 0 Å². The molecule has 1 aromatic heterocycles. The SMILES string of the molecule is CCCCN(CCCC)c1nc(-c2ccccc2)c(/C=C2\C(=O)NC(=O)C(C#N)=C2C)s1. The first-order chi connectivity index (χ1) is 15.5. The van der Waals surface area contributed by atoms with Crippen molar-refractivity contribution >= 4 is 34.4 Å². The predicted octanol–water partition coefficient (Wildman–Crippen LogP) is 5.10. The van der Waals surface area contributed by atoms with Crippen molar-refractivity contribution in [2.45, 2.75) is 46.5 Å². The van der Waals surface area contributed by atoms with E-state index in [4.69, 9.17) is 4.98 Å². The Labute approximate surface area is 193 Å². The molecule has 0 saturated carbocycles. The van der Waals surface area contributed by atoms with Crippen molar-refractivity contribution in [3.05, 3.63) is 51.9 Å². The van der Waals surface area contributed by atoms with Crippen LogP contribution >= 0.6 is 11.3 Å². The average Bonchev–Trinajstić information content (AvgIpc) is 3.21. The zero-order valence-corrected chi connectivity index (χ0v) is 19.6. The van der Waals surface area contributed by atoms with E-state index in [1.54, 1.807) is 13.0 Å². The molecule has 0 atom stereocenters.